The number of thiophene rings is 1. The molecule has 1 aromatic heterocycles. The van der Waals surface area contributed by atoms with Gasteiger partial charge in [0.25, 0.3) is 5.91 Å². The first-order valence-electron chi connectivity index (χ1n) is 9.42. The minimum Gasteiger partial charge on any atom is -0.465 e. The number of fused-ring (bicyclic) bond motifs is 1. The minimum atomic E-state index is -0.391. The van der Waals surface area contributed by atoms with E-state index >= 15 is 0 Å². The first-order valence-corrected chi connectivity index (χ1v) is 11.3. The summed E-state index contributed by atoms with van der Waals surface area (Å²) in [6.07, 6.45) is 2.86. The molecule has 2 aromatic carbocycles. The van der Waals surface area contributed by atoms with E-state index in [0.29, 0.717) is 16.1 Å². The molecule has 0 saturated carbocycles. The highest BCUT2D eigenvalue weighted by Gasteiger charge is 2.31. The van der Waals surface area contributed by atoms with E-state index in [4.69, 9.17) is 4.74 Å². The molecule has 4 nitrogen and oxygen atoms in total. The number of nitrogens with zero attached hydrogens (tertiary/aromatic N) is 1. The number of amides is 1. The predicted octanol–water partition coefficient (Wildman–Crippen LogP) is 5.80. The van der Waals surface area contributed by atoms with E-state index in [0.717, 1.165) is 24.8 Å². The summed E-state index contributed by atoms with van der Waals surface area (Å²) >= 11 is 3.41. The summed E-state index contributed by atoms with van der Waals surface area (Å²) in [5.41, 5.74) is 4.79. The van der Waals surface area contributed by atoms with Gasteiger partial charge in [-0.05, 0) is 59.4 Å². The molecular weight excluding hydrogens is 497 g/mol. The van der Waals surface area contributed by atoms with E-state index in [1.807, 2.05) is 46.4 Å². The van der Waals surface area contributed by atoms with Crippen molar-refractivity contribution in [3.63, 3.8) is 0 Å². The van der Waals surface area contributed by atoms with Gasteiger partial charge in [-0.2, -0.15) is 0 Å². The zero-order valence-corrected chi connectivity index (χ0v) is 18.9. The van der Waals surface area contributed by atoms with E-state index in [-0.39, 0.29) is 11.8 Å². The summed E-state index contributed by atoms with van der Waals surface area (Å²) < 4.78 is 6.63. The Morgan fingerprint density at radius 2 is 1.76 bits per heavy atom. The van der Waals surface area contributed by atoms with Crippen LogP contribution in [0.15, 0.2) is 60.0 Å². The molecule has 1 amide bonds. The van der Waals surface area contributed by atoms with Gasteiger partial charge >= 0.3 is 5.97 Å². The van der Waals surface area contributed by atoms with Gasteiger partial charge in [-0.3, -0.25) is 4.79 Å². The number of carbonyl (C=O) groups excluding carboxylic acids is 2. The smallest absolute Gasteiger partial charge is 0.341 e. The molecule has 6 heteroatoms. The van der Waals surface area contributed by atoms with Gasteiger partial charge in [0.1, 0.15) is 5.00 Å². The topological polar surface area (TPSA) is 46.6 Å². The Labute approximate surface area is 188 Å². The molecule has 0 saturated heterocycles. The Morgan fingerprint density at radius 3 is 2.48 bits per heavy atom. The van der Waals surface area contributed by atoms with Crippen molar-refractivity contribution >= 4 is 51.1 Å². The second-order valence-electron chi connectivity index (χ2n) is 7.02. The van der Waals surface area contributed by atoms with Crippen LogP contribution in [0.25, 0.3) is 0 Å². The summed E-state index contributed by atoms with van der Waals surface area (Å²) in [5.74, 6) is -0.308. The maximum Gasteiger partial charge on any atom is 0.341 e. The molecule has 1 unspecified atom stereocenters. The third kappa shape index (κ3) is 3.96. The number of carbonyl (C=O) groups is 2. The lowest BCUT2D eigenvalue weighted by Gasteiger charge is -2.25. The summed E-state index contributed by atoms with van der Waals surface area (Å²) in [6.45, 7) is 0. The number of esters is 1. The lowest BCUT2D eigenvalue weighted by molar-refractivity contribution is 0.0600. The largest absolute Gasteiger partial charge is 0.465 e. The minimum absolute atomic E-state index is 0.154. The van der Waals surface area contributed by atoms with Crippen molar-refractivity contribution in [3.8, 4) is 0 Å². The van der Waals surface area contributed by atoms with Crippen LogP contribution in [-0.4, -0.2) is 19.0 Å². The molecule has 1 atom stereocenters. The van der Waals surface area contributed by atoms with E-state index in [1.54, 1.807) is 12.1 Å². The second kappa shape index (κ2) is 8.67. The lowest BCUT2D eigenvalue weighted by atomic mass is 9.80. The van der Waals surface area contributed by atoms with Gasteiger partial charge in [-0.25, -0.2) is 7.91 Å². The van der Waals surface area contributed by atoms with Gasteiger partial charge in [0.15, 0.2) is 0 Å². The van der Waals surface area contributed by atoms with Gasteiger partial charge in [0, 0.05) is 5.56 Å². The average molecular weight is 517 g/mol. The molecule has 148 valence electrons. The Bertz CT molecular complexity index is 1050. The van der Waals surface area contributed by atoms with Crippen molar-refractivity contribution in [1.29, 1.82) is 0 Å². The maximum absolute atomic E-state index is 12.9. The summed E-state index contributed by atoms with van der Waals surface area (Å²) in [5, 5.41) is 2.64. The SMILES string of the molecule is COC(=O)c1c(C2CCc3ccccc3C2)csc1N(I)C(=O)c1ccccc1. The van der Waals surface area contributed by atoms with Crippen LogP contribution >= 0.6 is 34.2 Å². The number of methoxy groups -OCH3 is 1. The highest BCUT2D eigenvalue weighted by atomic mass is 127. The van der Waals surface area contributed by atoms with Crippen molar-refractivity contribution in [2.75, 3.05) is 10.2 Å². The highest BCUT2D eigenvalue weighted by Crippen LogP contribution is 2.42. The van der Waals surface area contributed by atoms with E-state index < -0.39 is 5.97 Å². The number of hydrogen-bond acceptors (Lipinski definition) is 4. The third-order valence-electron chi connectivity index (χ3n) is 5.35. The molecule has 4 rings (SSSR count). The van der Waals surface area contributed by atoms with Crippen LogP contribution in [0.3, 0.4) is 0 Å². The normalized spacial score (nSPS) is 15.4. The van der Waals surface area contributed by atoms with Crippen molar-refractivity contribution in [2.24, 2.45) is 0 Å². The fourth-order valence-electron chi connectivity index (χ4n) is 3.86. The fraction of sp³-hybridized carbons (Fsp3) is 0.217. The van der Waals surface area contributed by atoms with Crippen molar-refractivity contribution in [2.45, 2.75) is 25.2 Å². The molecule has 0 aliphatic heterocycles. The standard InChI is InChI=1S/C23H20INO3S/c1-28-23(27)20-19(18-12-11-15-7-5-6-10-17(15)13-18)14-29-22(20)25(24)21(26)16-8-3-2-4-9-16/h2-10,14,18H,11-13H2,1H3. The molecule has 0 radical (unpaired) electrons. The number of ether oxygens (including phenoxy) is 1. The number of hydrogen-bond donors (Lipinski definition) is 0. The van der Waals surface area contributed by atoms with Gasteiger partial charge in [-0.1, -0.05) is 42.5 Å². The van der Waals surface area contributed by atoms with Gasteiger partial charge in [-0.15, -0.1) is 11.3 Å². The van der Waals surface area contributed by atoms with E-state index in [9.17, 15) is 9.59 Å². The Morgan fingerprint density at radius 1 is 1.07 bits per heavy atom. The molecule has 0 spiro atoms. The van der Waals surface area contributed by atoms with Gasteiger partial charge < -0.3 is 4.74 Å². The quantitative estimate of drug-likeness (QED) is 0.250. The van der Waals surface area contributed by atoms with Crippen molar-refractivity contribution in [3.05, 3.63) is 87.8 Å². The molecule has 0 N–H and O–H groups in total. The Hall–Kier alpha value is -2.19. The molecule has 1 heterocycles. The molecule has 1 aliphatic rings. The summed E-state index contributed by atoms with van der Waals surface area (Å²) in [6, 6.07) is 17.6. The van der Waals surface area contributed by atoms with E-state index in [2.05, 4.69) is 24.3 Å². The second-order valence-corrected chi connectivity index (χ2v) is 8.85. The van der Waals surface area contributed by atoms with Crippen LogP contribution in [0.5, 0.6) is 0 Å². The number of rotatable bonds is 4. The summed E-state index contributed by atoms with van der Waals surface area (Å²) in [4.78, 5) is 25.6. The van der Waals surface area contributed by atoms with Gasteiger partial charge in [0.2, 0.25) is 0 Å². The number of halogens is 1. The van der Waals surface area contributed by atoms with Crippen molar-refractivity contribution in [1.82, 2.24) is 0 Å². The molecule has 0 bridgehead atoms. The van der Waals surface area contributed by atoms with Crippen LogP contribution < -0.4 is 3.11 Å². The molecule has 29 heavy (non-hydrogen) atoms. The maximum atomic E-state index is 12.9. The van der Waals surface area contributed by atoms with Crippen LogP contribution in [-0.2, 0) is 17.6 Å². The fourth-order valence-corrected chi connectivity index (χ4v) is 5.77. The Kier molecular flexibility index (Phi) is 6.01. The van der Waals surface area contributed by atoms with Gasteiger partial charge in [0.05, 0.1) is 35.5 Å². The molecular formula is C23H20INO3S. The predicted molar refractivity (Wildman–Crippen MR) is 124 cm³/mol. The third-order valence-corrected chi connectivity index (χ3v) is 7.58. The lowest BCUT2D eigenvalue weighted by Crippen LogP contribution is -2.22. The zero-order chi connectivity index (χ0) is 20.4. The van der Waals surface area contributed by atoms with Crippen LogP contribution in [0, 0.1) is 0 Å². The van der Waals surface area contributed by atoms with Crippen LogP contribution in [0.4, 0.5) is 5.00 Å². The zero-order valence-electron chi connectivity index (χ0n) is 15.9. The number of benzene rings is 2. The molecule has 1 aliphatic carbocycles. The first kappa shape index (κ1) is 20.1. The molecule has 0 fully saturated rings. The number of aryl methyl sites for hydroxylation is 1. The number of anilines is 1. The first-order chi connectivity index (χ1) is 14.1. The van der Waals surface area contributed by atoms with Crippen molar-refractivity contribution < 1.29 is 14.3 Å². The Balaban J connectivity index is 1.69. The summed E-state index contributed by atoms with van der Waals surface area (Å²) in [7, 11) is 1.39. The monoisotopic (exact) mass is 517 g/mol. The van der Waals surface area contributed by atoms with Crippen LogP contribution in [0.1, 0.15) is 49.7 Å². The molecule has 3 aromatic rings. The van der Waals surface area contributed by atoms with Crippen LogP contribution in [0.2, 0.25) is 0 Å². The highest BCUT2D eigenvalue weighted by molar-refractivity contribution is 14.1. The van der Waals surface area contributed by atoms with E-state index in [1.165, 1.54) is 32.7 Å². The average Bonchev–Trinajstić information content (AvgIpc) is 3.23.